The number of nitrogens with one attached hydrogen (secondary N) is 4. The normalized spacial score (nSPS) is 12.6. The van der Waals surface area contributed by atoms with Gasteiger partial charge in [0, 0.05) is 13.6 Å². The fraction of sp³-hybridized carbons (Fsp3) is 0.556. The minimum absolute atomic E-state index is 0.0235. The fourth-order valence-corrected chi connectivity index (χ4v) is 1.37. The molecule has 0 aromatic heterocycles. The van der Waals surface area contributed by atoms with Crippen LogP contribution in [0, 0.1) is 0 Å². The molecule has 0 amide bonds. The summed E-state index contributed by atoms with van der Waals surface area (Å²) < 4.78 is 29.6. The molecule has 0 atom stereocenters. The summed E-state index contributed by atoms with van der Waals surface area (Å²) in [5.74, 6) is -0.441. The lowest BCUT2D eigenvalue weighted by Gasteiger charge is -2.07. The lowest BCUT2D eigenvalue weighted by atomic mass is 10.3. The number of thiocarbonyl (C=S) groups is 2. The van der Waals surface area contributed by atoms with Crippen LogP contribution in [-0.2, 0) is 10.1 Å². The maximum Gasteiger partial charge on any atom is 0.266 e. The highest BCUT2D eigenvalue weighted by Crippen LogP contribution is 1.83. The van der Waals surface area contributed by atoms with Crippen LogP contribution < -0.4 is 21.5 Å². The monoisotopic (exact) mass is 354 g/mol. The molecule has 0 aliphatic carbocycles. The van der Waals surface area contributed by atoms with E-state index in [0.29, 0.717) is 16.5 Å². The van der Waals surface area contributed by atoms with Gasteiger partial charge in [0.25, 0.3) is 10.1 Å². The Balaban J connectivity index is 4.27. The SMILES string of the molecule is CNC(=S)NN=C(C)C(C)=NNC(=S)NCCS(=O)(=O)O. The number of hydrazone groups is 2. The Morgan fingerprint density at radius 2 is 1.57 bits per heavy atom. The summed E-state index contributed by atoms with van der Waals surface area (Å²) >= 11 is 9.74. The molecular formula is C9H18N6O3S3. The molecule has 0 saturated heterocycles. The largest absolute Gasteiger partial charge is 0.364 e. The Bertz CT molecular complexity index is 543. The first-order valence-electron chi connectivity index (χ1n) is 5.71. The average Bonchev–Trinajstić information content (AvgIpc) is 2.40. The summed E-state index contributed by atoms with van der Waals surface area (Å²) in [6, 6.07) is 0. The highest BCUT2D eigenvalue weighted by molar-refractivity contribution is 7.85. The summed E-state index contributed by atoms with van der Waals surface area (Å²) in [6.45, 7) is 3.40. The van der Waals surface area contributed by atoms with E-state index in [1.54, 1.807) is 20.9 Å². The molecule has 0 radical (unpaired) electrons. The van der Waals surface area contributed by atoms with Crippen molar-refractivity contribution in [3.8, 4) is 0 Å². The molecule has 0 saturated carbocycles. The van der Waals surface area contributed by atoms with E-state index in [9.17, 15) is 8.42 Å². The van der Waals surface area contributed by atoms with Crippen molar-refractivity contribution in [2.75, 3.05) is 19.3 Å². The molecule has 0 fully saturated rings. The van der Waals surface area contributed by atoms with Crippen molar-refractivity contribution in [3.05, 3.63) is 0 Å². The van der Waals surface area contributed by atoms with Crippen molar-refractivity contribution in [2.24, 2.45) is 10.2 Å². The highest BCUT2D eigenvalue weighted by atomic mass is 32.2. The Labute approximate surface area is 134 Å². The van der Waals surface area contributed by atoms with Crippen molar-refractivity contribution in [2.45, 2.75) is 13.8 Å². The average molecular weight is 354 g/mol. The minimum Gasteiger partial charge on any atom is -0.364 e. The van der Waals surface area contributed by atoms with E-state index in [0.717, 1.165) is 0 Å². The number of hydrogen-bond acceptors (Lipinski definition) is 6. The van der Waals surface area contributed by atoms with E-state index >= 15 is 0 Å². The van der Waals surface area contributed by atoms with Crippen LogP contribution in [-0.4, -0.2) is 54.0 Å². The summed E-state index contributed by atoms with van der Waals surface area (Å²) in [5, 5.41) is 13.7. The van der Waals surface area contributed by atoms with Crippen LogP contribution in [0.5, 0.6) is 0 Å². The molecule has 0 bridgehead atoms. The summed E-state index contributed by atoms with van der Waals surface area (Å²) in [6.07, 6.45) is 0. The van der Waals surface area contributed by atoms with Crippen molar-refractivity contribution in [1.29, 1.82) is 0 Å². The quantitative estimate of drug-likeness (QED) is 0.180. The second-order valence-electron chi connectivity index (χ2n) is 3.74. The zero-order chi connectivity index (χ0) is 16.5. The fourth-order valence-electron chi connectivity index (χ4n) is 0.820. The molecule has 0 rings (SSSR count). The molecule has 9 nitrogen and oxygen atoms in total. The van der Waals surface area contributed by atoms with E-state index in [4.69, 9.17) is 29.0 Å². The van der Waals surface area contributed by atoms with Crippen molar-refractivity contribution in [3.63, 3.8) is 0 Å². The summed E-state index contributed by atoms with van der Waals surface area (Å²) in [5.41, 5.74) is 6.27. The van der Waals surface area contributed by atoms with Gasteiger partial charge in [-0.15, -0.1) is 0 Å². The molecule has 0 aromatic rings. The lowest BCUT2D eigenvalue weighted by Crippen LogP contribution is -2.36. The van der Waals surface area contributed by atoms with E-state index in [-0.39, 0.29) is 11.7 Å². The number of hydrogen-bond donors (Lipinski definition) is 5. The number of nitrogens with zero attached hydrogens (tertiary/aromatic N) is 2. The molecule has 0 unspecified atom stereocenters. The van der Waals surface area contributed by atoms with Crippen LogP contribution in [0.3, 0.4) is 0 Å². The smallest absolute Gasteiger partial charge is 0.266 e. The minimum atomic E-state index is -4.01. The second-order valence-corrected chi connectivity index (χ2v) is 6.13. The van der Waals surface area contributed by atoms with Crippen LogP contribution in [0.1, 0.15) is 13.8 Å². The van der Waals surface area contributed by atoms with E-state index in [2.05, 4.69) is 31.7 Å². The Morgan fingerprint density at radius 3 is 2.00 bits per heavy atom. The Kier molecular flexibility index (Phi) is 8.92. The van der Waals surface area contributed by atoms with E-state index in [1.807, 2.05) is 0 Å². The first-order chi connectivity index (χ1) is 9.65. The van der Waals surface area contributed by atoms with Gasteiger partial charge in [0.15, 0.2) is 10.2 Å². The molecule has 0 heterocycles. The van der Waals surface area contributed by atoms with Gasteiger partial charge < -0.3 is 10.6 Å². The summed E-state index contributed by atoms with van der Waals surface area (Å²) in [4.78, 5) is 0. The van der Waals surface area contributed by atoms with Crippen LogP contribution >= 0.6 is 24.4 Å². The first kappa shape index (κ1) is 19.6. The second kappa shape index (κ2) is 9.55. The van der Waals surface area contributed by atoms with Gasteiger partial charge in [0.2, 0.25) is 0 Å². The van der Waals surface area contributed by atoms with Crippen LogP contribution in [0.4, 0.5) is 0 Å². The lowest BCUT2D eigenvalue weighted by molar-refractivity contribution is 0.482. The van der Waals surface area contributed by atoms with Gasteiger partial charge in [-0.1, -0.05) is 0 Å². The van der Waals surface area contributed by atoms with Gasteiger partial charge >= 0.3 is 0 Å². The van der Waals surface area contributed by atoms with Gasteiger partial charge in [-0.2, -0.15) is 18.6 Å². The molecule has 120 valence electrons. The third-order valence-electron chi connectivity index (χ3n) is 2.05. The van der Waals surface area contributed by atoms with Crippen molar-refractivity contribution < 1.29 is 13.0 Å². The van der Waals surface area contributed by atoms with Gasteiger partial charge in [-0.25, -0.2) is 0 Å². The van der Waals surface area contributed by atoms with Gasteiger partial charge in [0.05, 0.1) is 17.2 Å². The van der Waals surface area contributed by atoms with Crippen molar-refractivity contribution in [1.82, 2.24) is 21.5 Å². The number of rotatable bonds is 6. The van der Waals surface area contributed by atoms with Gasteiger partial charge in [0.1, 0.15) is 0 Å². The standard InChI is InChI=1S/C9H18N6O3S3/c1-6(12-14-8(19)10-3)7(2)13-15-9(20)11-4-5-21(16,17)18/h4-5H2,1-3H3,(H2,10,14,19)(H2,11,15,20)(H,16,17,18). The molecule has 0 spiro atoms. The molecular weight excluding hydrogens is 336 g/mol. The zero-order valence-electron chi connectivity index (χ0n) is 11.8. The highest BCUT2D eigenvalue weighted by Gasteiger charge is 2.04. The summed E-state index contributed by atoms with van der Waals surface area (Å²) in [7, 11) is -2.35. The maximum absolute atomic E-state index is 10.5. The molecule has 21 heavy (non-hydrogen) atoms. The van der Waals surface area contributed by atoms with Crippen LogP contribution in [0.15, 0.2) is 10.2 Å². The Hall–Kier alpha value is -1.37. The molecule has 5 N–H and O–H groups in total. The third kappa shape index (κ3) is 11.0. The zero-order valence-corrected chi connectivity index (χ0v) is 14.2. The predicted octanol–water partition coefficient (Wildman–Crippen LogP) is -0.816. The van der Waals surface area contributed by atoms with Crippen molar-refractivity contribution >= 4 is 56.2 Å². The molecule has 12 heteroatoms. The van der Waals surface area contributed by atoms with E-state index < -0.39 is 15.9 Å². The van der Waals surface area contributed by atoms with E-state index in [1.165, 1.54) is 0 Å². The maximum atomic E-state index is 10.5. The predicted molar refractivity (Wildman–Crippen MR) is 91.2 cm³/mol. The molecule has 0 aliphatic heterocycles. The van der Waals surface area contributed by atoms with Gasteiger partial charge in [-0.05, 0) is 38.3 Å². The Morgan fingerprint density at radius 1 is 1.10 bits per heavy atom. The van der Waals surface area contributed by atoms with Gasteiger partial charge in [-0.3, -0.25) is 15.4 Å². The molecule has 0 aromatic carbocycles. The third-order valence-corrected chi connectivity index (χ3v) is 3.30. The topological polar surface area (TPSA) is 127 Å². The first-order valence-corrected chi connectivity index (χ1v) is 8.14. The molecule has 0 aliphatic rings. The van der Waals surface area contributed by atoms with Crippen LogP contribution in [0.2, 0.25) is 0 Å². The van der Waals surface area contributed by atoms with Crippen LogP contribution in [0.25, 0.3) is 0 Å².